The van der Waals surface area contributed by atoms with E-state index >= 15 is 0 Å². The number of rotatable bonds is 3. The number of ether oxygens (including phenoxy) is 1. The van der Waals surface area contributed by atoms with Gasteiger partial charge in [-0.25, -0.2) is 0 Å². The molecule has 2 rings (SSSR count). The Morgan fingerprint density at radius 2 is 2.23 bits per heavy atom. The van der Waals surface area contributed by atoms with E-state index in [1.54, 1.807) is 0 Å². The van der Waals surface area contributed by atoms with E-state index in [9.17, 15) is 4.79 Å². The van der Waals surface area contributed by atoms with Gasteiger partial charge in [-0.15, -0.1) is 0 Å². The standard InChI is InChI=1S/C10H17NO2/c1-13-10(12)8-4-5-11-9(8)6-7-2-3-7/h7-9,11H,2-6H2,1H3. The van der Waals surface area contributed by atoms with Gasteiger partial charge in [0.25, 0.3) is 0 Å². The lowest BCUT2D eigenvalue weighted by atomic mass is 9.96. The zero-order valence-corrected chi connectivity index (χ0v) is 8.08. The molecule has 0 radical (unpaired) electrons. The van der Waals surface area contributed by atoms with Crippen molar-refractivity contribution in [3.8, 4) is 0 Å². The molecule has 1 saturated heterocycles. The first-order valence-electron chi connectivity index (χ1n) is 5.12. The summed E-state index contributed by atoms with van der Waals surface area (Å²) in [4.78, 5) is 11.4. The molecule has 13 heavy (non-hydrogen) atoms. The molecule has 0 aromatic carbocycles. The average Bonchev–Trinajstić information content (AvgIpc) is 2.82. The fourth-order valence-electron chi connectivity index (χ4n) is 2.16. The van der Waals surface area contributed by atoms with Gasteiger partial charge in [-0.2, -0.15) is 0 Å². The molecule has 0 bridgehead atoms. The van der Waals surface area contributed by atoms with E-state index in [-0.39, 0.29) is 11.9 Å². The summed E-state index contributed by atoms with van der Waals surface area (Å²) in [7, 11) is 1.48. The van der Waals surface area contributed by atoms with Crippen molar-refractivity contribution in [3.05, 3.63) is 0 Å². The van der Waals surface area contributed by atoms with Crippen LogP contribution in [0.25, 0.3) is 0 Å². The van der Waals surface area contributed by atoms with Crippen molar-refractivity contribution >= 4 is 5.97 Å². The minimum atomic E-state index is -0.0318. The lowest BCUT2D eigenvalue weighted by Gasteiger charge is -2.16. The summed E-state index contributed by atoms with van der Waals surface area (Å²) in [6.07, 6.45) is 4.82. The second-order valence-corrected chi connectivity index (χ2v) is 4.16. The zero-order chi connectivity index (χ0) is 9.26. The Morgan fingerprint density at radius 3 is 2.85 bits per heavy atom. The first-order valence-corrected chi connectivity index (χ1v) is 5.12. The van der Waals surface area contributed by atoms with Crippen LogP contribution in [-0.4, -0.2) is 25.7 Å². The average molecular weight is 183 g/mol. The van der Waals surface area contributed by atoms with Gasteiger partial charge in [0.2, 0.25) is 0 Å². The number of methoxy groups -OCH3 is 1. The van der Waals surface area contributed by atoms with Gasteiger partial charge in [0.1, 0.15) is 0 Å². The molecule has 0 amide bonds. The Hall–Kier alpha value is -0.570. The third kappa shape index (κ3) is 2.02. The van der Waals surface area contributed by atoms with Crippen LogP contribution in [0.3, 0.4) is 0 Å². The SMILES string of the molecule is COC(=O)C1CCNC1CC1CC1. The number of hydrogen-bond donors (Lipinski definition) is 1. The van der Waals surface area contributed by atoms with E-state index in [0.717, 1.165) is 18.9 Å². The van der Waals surface area contributed by atoms with Gasteiger partial charge < -0.3 is 10.1 Å². The van der Waals surface area contributed by atoms with E-state index in [1.165, 1.54) is 26.4 Å². The van der Waals surface area contributed by atoms with Gasteiger partial charge in [-0.05, 0) is 25.3 Å². The molecule has 2 fully saturated rings. The van der Waals surface area contributed by atoms with E-state index in [4.69, 9.17) is 4.74 Å². The largest absolute Gasteiger partial charge is 0.469 e. The van der Waals surface area contributed by atoms with Crippen molar-refractivity contribution in [1.82, 2.24) is 5.32 Å². The van der Waals surface area contributed by atoms with Crippen LogP contribution in [0, 0.1) is 11.8 Å². The molecular formula is C10H17NO2. The van der Waals surface area contributed by atoms with E-state index in [0.29, 0.717) is 6.04 Å². The van der Waals surface area contributed by atoms with E-state index < -0.39 is 0 Å². The molecule has 74 valence electrons. The molecule has 3 heteroatoms. The second-order valence-electron chi connectivity index (χ2n) is 4.16. The molecule has 1 saturated carbocycles. The highest BCUT2D eigenvalue weighted by Gasteiger charge is 2.37. The molecule has 0 aromatic rings. The predicted octanol–water partition coefficient (Wildman–Crippen LogP) is 0.938. The number of carbonyl (C=O) groups excluding carboxylic acids is 1. The minimum Gasteiger partial charge on any atom is -0.469 e. The normalized spacial score (nSPS) is 33.3. The van der Waals surface area contributed by atoms with Gasteiger partial charge in [0.15, 0.2) is 0 Å². The summed E-state index contributed by atoms with van der Waals surface area (Å²) < 4.78 is 4.79. The van der Waals surface area contributed by atoms with E-state index in [2.05, 4.69) is 5.32 Å². The summed E-state index contributed by atoms with van der Waals surface area (Å²) in [5.41, 5.74) is 0. The van der Waals surface area contributed by atoms with Crippen LogP contribution in [0.5, 0.6) is 0 Å². The van der Waals surface area contributed by atoms with Crippen LogP contribution in [-0.2, 0) is 9.53 Å². The van der Waals surface area contributed by atoms with Gasteiger partial charge in [0.05, 0.1) is 13.0 Å². The Balaban J connectivity index is 1.88. The second kappa shape index (κ2) is 3.66. The highest BCUT2D eigenvalue weighted by Crippen LogP contribution is 2.36. The number of hydrogen-bond acceptors (Lipinski definition) is 3. The van der Waals surface area contributed by atoms with Gasteiger partial charge in [-0.1, -0.05) is 12.8 Å². The Morgan fingerprint density at radius 1 is 1.46 bits per heavy atom. The molecule has 2 aliphatic rings. The third-order valence-corrected chi connectivity index (χ3v) is 3.14. The molecule has 2 unspecified atom stereocenters. The third-order valence-electron chi connectivity index (χ3n) is 3.14. The maximum absolute atomic E-state index is 11.4. The zero-order valence-electron chi connectivity index (χ0n) is 8.08. The van der Waals surface area contributed by atoms with Crippen molar-refractivity contribution in [1.29, 1.82) is 0 Å². The predicted molar refractivity (Wildman–Crippen MR) is 49.3 cm³/mol. The first-order chi connectivity index (χ1) is 6.31. The van der Waals surface area contributed by atoms with Gasteiger partial charge in [-0.3, -0.25) is 4.79 Å². The quantitative estimate of drug-likeness (QED) is 0.662. The summed E-state index contributed by atoms with van der Waals surface area (Å²) in [5.74, 6) is 0.962. The van der Waals surface area contributed by atoms with Crippen LogP contribution >= 0.6 is 0 Å². The first kappa shape index (κ1) is 9.00. The minimum absolute atomic E-state index is 0.0318. The molecule has 1 N–H and O–H groups in total. The van der Waals surface area contributed by atoms with Crippen LogP contribution in [0.15, 0.2) is 0 Å². The number of carbonyl (C=O) groups is 1. The highest BCUT2D eigenvalue weighted by atomic mass is 16.5. The van der Waals surface area contributed by atoms with Crippen LogP contribution in [0.2, 0.25) is 0 Å². The maximum Gasteiger partial charge on any atom is 0.310 e. The van der Waals surface area contributed by atoms with Crippen LogP contribution in [0.1, 0.15) is 25.7 Å². The maximum atomic E-state index is 11.4. The van der Waals surface area contributed by atoms with Crippen molar-refractivity contribution in [3.63, 3.8) is 0 Å². The van der Waals surface area contributed by atoms with Crippen LogP contribution < -0.4 is 5.32 Å². The molecule has 3 nitrogen and oxygen atoms in total. The Bertz CT molecular complexity index is 201. The van der Waals surface area contributed by atoms with Crippen molar-refractivity contribution < 1.29 is 9.53 Å². The van der Waals surface area contributed by atoms with Crippen LogP contribution in [0.4, 0.5) is 0 Å². The fraction of sp³-hybridized carbons (Fsp3) is 0.900. The summed E-state index contributed by atoms with van der Waals surface area (Å²) in [5, 5.41) is 3.39. The van der Waals surface area contributed by atoms with Crippen molar-refractivity contribution in [2.24, 2.45) is 11.8 Å². The molecule has 1 aliphatic heterocycles. The summed E-state index contributed by atoms with van der Waals surface area (Å²) in [6, 6.07) is 0.389. The molecular weight excluding hydrogens is 166 g/mol. The van der Waals surface area contributed by atoms with Crippen molar-refractivity contribution in [2.75, 3.05) is 13.7 Å². The summed E-state index contributed by atoms with van der Waals surface area (Å²) in [6.45, 7) is 0.969. The molecule has 2 atom stereocenters. The Kier molecular flexibility index (Phi) is 2.54. The number of nitrogens with one attached hydrogen (secondary N) is 1. The monoisotopic (exact) mass is 183 g/mol. The Labute approximate surface area is 78.8 Å². The molecule has 0 spiro atoms. The molecule has 0 aromatic heterocycles. The summed E-state index contributed by atoms with van der Waals surface area (Å²) >= 11 is 0. The van der Waals surface area contributed by atoms with E-state index in [1.807, 2.05) is 0 Å². The fourth-order valence-corrected chi connectivity index (χ4v) is 2.16. The van der Waals surface area contributed by atoms with Gasteiger partial charge >= 0.3 is 5.97 Å². The topological polar surface area (TPSA) is 38.3 Å². The lowest BCUT2D eigenvalue weighted by molar-refractivity contribution is -0.145. The highest BCUT2D eigenvalue weighted by molar-refractivity contribution is 5.73. The molecule has 1 heterocycles. The smallest absolute Gasteiger partial charge is 0.310 e. The van der Waals surface area contributed by atoms with Crippen molar-refractivity contribution in [2.45, 2.75) is 31.7 Å². The van der Waals surface area contributed by atoms with Gasteiger partial charge in [0, 0.05) is 6.04 Å². The molecule has 1 aliphatic carbocycles. The number of esters is 1. The lowest BCUT2D eigenvalue weighted by Crippen LogP contribution is -2.32.